The first-order chi connectivity index (χ1) is 5.12. The number of carbonyl (C=O) groups is 1. The number of hydrogen-bond donors (Lipinski definition) is 2. The molecule has 1 N–H and O–H groups in total. The molecule has 1 aliphatic heterocycles. The Bertz CT molecular complexity index is 196. The monoisotopic (exact) mass is 191 g/mol. The predicted molar refractivity (Wildman–Crippen MR) is 47.7 cm³/mol. The lowest BCUT2D eigenvalue weighted by Crippen LogP contribution is -2.32. The highest BCUT2D eigenvalue weighted by Gasteiger charge is 2.29. The van der Waals surface area contributed by atoms with Crippen LogP contribution < -0.4 is 5.32 Å². The average molecular weight is 191 g/mol. The van der Waals surface area contributed by atoms with Crippen molar-refractivity contribution >= 4 is 30.3 Å². The quantitative estimate of drug-likeness (QED) is 0.636. The molecule has 0 bridgehead atoms. The number of amides is 1. The topological polar surface area (TPSA) is 53.8 Å². The van der Waals surface area contributed by atoms with Gasteiger partial charge in [-0.15, -0.1) is 12.6 Å². The summed E-state index contributed by atoms with van der Waals surface area (Å²) in [4.78, 5) is 10.5. The van der Waals surface area contributed by atoms with Crippen molar-refractivity contribution in [1.82, 2.24) is 5.32 Å². The molecule has 4 nitrogen and oxygen atoms in total. The largest absolute Gasteiger partial charge is 0.352 e. The molecular weight excluding hydrogens is 182 g/mol. The molecule has 0 saturated carbocycles. The molecule has 1 heterocycles. The average Bonchev–Trinajstić information content (AvgIpc) is 2.33. The third-order valence-electron chi connectivity index (χ3n) is 1.15. The first-order valence-corrected chi connectivity index (χ1v) is 4.55. The number of thioether (sulfide) groups is 1. The highest BCUT2D eigenvalue weighted by molar-refractivity contribution is 8.11. The van der Waals surface area contributed by atoms with Crippen molar-refractivity contribution in [2.24, 2.45) is 10.2 Å². The molecule has 0 radical (unpaired) electrons. The zero-order valence-electron chi connectivity index (χ0n) is 6.07. The molecule has 1 atom stereocenters. The van der Waals surface area contributed by atoms with Gasteiger partial charge >= 0.3 is 0 Å². The lowest BCUT2D eigenvalue weighted by atomic mass is 10.6. The molecule has 0 fully saturated rings. The Morgan fingerprint density at radius 3 is 3.09 bits per heavy atom. The van der Waals surface area contributed by atoms with Crippen LogP contribution in [0.4, 0.5) is 0 Å². The number of azo groups is 1. The molecule has 1 unspecified atom stereocenters. The molecule has 0 saturated heterocycles. The Morgan fingerprint density at radius 2 is 2.64 bits per heavy atom. The van der Waals surface area contributed by atoms with Crippen LogP contribution in [-0.4, -0.2) is 22.5 Å². The van der Waals surface area contributed by atoms with E-state index in [2.05, 4.69) is 28.2 Å². The van der Waals surface area contributed by atoms with Crippen molar-refractivity contribution in [3.63, 3.8) is 0 Å². The van der Waals surface area contributed by atoms with Crippen molar-refractivity contribution in [1.29, 1.82) is 0 Å². The second-order valence-corrected chi connectivity index (χ2v) is 4.43. The molecule has 11 heavy (non-hydrogen) atoms. The molecule has 0 spiro atoms. The summed E-state index contributed by atoms with van der Waals surface area (Å²) >= 11 is 5.75. The van der Waals surface area contributed by atoms with Gasteiger partial charge < -0.3 is 5.32 Å². The number of nitrogens with one attached hydrogen (secondary N) is 1. The highest BCUT2D eigenvalue weighted by atomic mass is 32.2. The fourth-order valence-electron chi connectivity index (χ4n) is 0.626. The lowest BCUT2D eigenvalue weighted by Gasteiger charge is -2.15. The van der Waals surface area contributed by atoms with Crippen LogP contribution in [-0.2, 0) is 4.79 Å². The van der Waals surface area contributed by atoms with E-state index in [4.69, 9.17) is 0 Å². The molecule has 1 rings (SSSR count). The van der Waals surface area contributed by atoms with E-state index in [9.17, 15) is 4.79 Å². The molecule has 62 valence electrons. The van der Waals surface area contributed by atoms with Crippen molar-refractivity contribution in [2.75, 3.05) is 12.4 Å². The van der Waals surface area contributed by atoms with Crippen molar-refractivity contribution in [3.05, 3.63) is 0 Å². The van der Waals surface area contributed by atoms with Gasteiger partial charge in [0.05, 0.1) is 6.54 Å². The zero-order valence-corrected chi connectivity index (χ0v) is 7.78. The van der Waals surface area contributed by atoms with E-state index >= 15 is 0 Å². The fourth-order valence-corrected chi connectivity index (χ4v) is 1.55. The Balaban J connectivity index is 2.35. The first-order valence-electron chi connectivity index (χ1n) is 3.12. The molecule has 0 aromatic carbocycles. The summed E-state index contributed by atoms with van der Waals surface area (Å²) in [5, 5.41) is 10.3. The van der Waals surface area contributed by atoms with Crippen molar-refractivity contribution < 1.29 is 4.79 Å². The van der Waals surface area contributed by atoms with E-state index in [0.717, 1.165) is 0 Å². The molecule has 1 aliphatic rings. The van der Waals surface area contributed by atoms with Gasteiger partial charge in [-0.2, -0.15) is 10.2 Å². The Labute approximate surface area is 74.6 Å². The third-order valence-corrected chi connectivity index (χ3v) is 2.72. The normalized spacial score (nSPS) is 28.9. The maximum Gasteiger partial charge on any atom is 0.217 e. The zero-order chi connectivity index (χ0) is 8.32. The number of carbonyl (C=O) groups excluding carboxylic acids is 1. The van der Waals surface area contributed by atoms with Crippen molar-refractivity contribution in [3.8, 4) is 0 Å². The highest BCUT2D eigenvalue weighted by Crippen LogP contribution is 2.35. The van der Waals surface area contributed by atoms with Crippen LogP contribution in [0, 0.1) is 0 Å². The maximum atomic E-state index is 10.5. The van der Waals surface area contributed by atoms with Gasteiger partial charge in [0.1, 0.15) is 5.88 Å². The Hall–Kier alpha value is -0.230. The predicted octanol–water partition coefficient (Wildman–Crippen LogP) is 0.863. The van der Waals surface area contributed by atoms with Gasteiger partial charge in [0.15, 0.2) is 4.20 Å². The summed E-state index contributed by atoms with van der Waals surface area (Å²) in [5.74, 6) is 0.560. The molecule has 0 aliphatic carbocycles. The maximum absolute atomic E-state index is 10.5. The third kappa shape index (κ3) is 2.70. The Morgan fingerprint density at radius 1 is 1.91 bits per heavy atom. The second kappa shape index (κ2) is 3.44. The lowest BCUT2D eigenvalue weighted by molar-refractivity contribution is -0.118. The van der Waals surface area contributed by atoms with Gasteiger partial charge in [-0.3, -0.25) is 4.79 Å². The van der Waals surface area contributed by atoms with Crippen molar-refractivity contribution in [2.45, 2.75) is 11.1 Å². The molecule has 0 aromatic heterocycles. The van der Waals surface area contributed by atoms with Gasteiger partial charge in [0.25, 0.3) is 0 Å². The van der Waals surface area contributed by atoms with E-state index in [0.29, 0.717) is 12.4 Å². The van der Waals surface area contributed by atoms with Crippen LogP contribution in [0.3, 0.4) is 0 Å². The van der Waals surface area contributed by atoms with Crippen LogP contribution in [0.25, 0.3) is 0 Å². The smallest absolute Gasteiger partial charge is 0.217 e. The second-order valence-electron chi connectivity index (χ2n) is 2.17. The van der Waals surface area contributed by atoms with Gasteiger partial charge in [0.2, 0.25) is 5.91 Å². The summed E-state index contributed by atoms with van der Waals surface area (Å²) in [6.07, 6.45) is 0. The van der Waals surface area contributed by atoms with Crippen LogP contribution in [0.2, 0.25) is 0 Å². The van der Waals surface area contributed by atoms with Gasteiger partial charge in [0, 0.05) is 6.92 Å². The SMILES string of the molecule is CC(=O)NCC1(S)N=NCS1. The van der Waals surface area contributed by atoms with Gasteiger partial charge in [-0.05, 0) is 0 Å². The molecule has 0 aromatic rings. The summed E-state index contributed by atoms with van der Waals surface area (Å²) in [6, 6.07) is 0. The summed E-state index contributed by atoms with van der Waals surface area (Å²) < 4.78 is -0.536. The fraction of sp³-hybridized carbons (Fsp3) is 0.800. The number of rotatable bonds is 2. The first kappa shape index (κ1) is 8.86. The van der Waals surface area contributed by atoms with Crippen LogP contribution in [0.1, 0.15) is 6.92 Å². The standard InChI is InChI=1S/C5H9N3OS2/c1-4(9)6-2-5(10)8-7-3-11-5/h10H,2-3H2,1H3,(H,6,9). The Kier molecular flexibility index (Phi) is 2.78. The number of hydrogen-bond acceptors (Lipinski definition) is 5. The van der Waals surface area contributed by atoms with E-state index in [1.165, 1.54) is 18.7 Å². The van der Waals surface area contributed by atoms with E-state index in [1.807, 2.05) is 0 Å². The van der Waals surface area contributed by atoms with Crippen LogP contribution in [0.15, 0.2) is 10.2 Å². The molecule has 6 heteroatoms. The minimum atomic E-state index is -0.536. The minimum absolute atomic E-state index is 0.0684. The minimum Gasteiger partial charge on any atom is -0.352 e. The van der Waals surface area contributed by atoms with E-state index < -0.39 is 4.20 Å². The number of thiol groups is 1. The summed E-state index contributed by atoms with van der Waals surface area (Å²) in [5.41, 5.74) is 0. The van der Waals surface area contributed by atoms with Gasteiger partial charge in [-0.25, -0.2) is 0 Å². The molecule has 1 amide bonds. The van der Waals surface area contributed by atoms with Gasteiger partial charge in [-0.1, -0.05) is 11.8 Å². The summed E-state index contributed by atoms with van der Waals surface area (Å²) in [7, 11) is 0. The molecular formula is C5H9N3OS2. The van der Waals surface area contributed by atoms with E-state index in [-0.39, 0.29) is 5.91 Å². The van der Waals surface area contributed by atoms with Crippen LogP contribution in [0.5, 0.6) is 0 Å². The summed E-state index contributed by atoms with van der Waals surface area (Å²) in [6.45, 7) is 1.90. The van der Waals surface area contributed by atoms with E-state index in [1.54, 1.807) is 0 Å². The number of nitrogens with zero attached hydrogens (tertiary/aromatic N) is 2. The van der Waals surface area contributed by atoms with Crippen LogP contribution >= 0.6 is 24.4 Å².